The summed E-state index contributed by atoms with van der Waals surface area (Å²) in [4.78, 5) is 4.78. The maximum Gasteiger partial charge on any atom is 0.0476 e. The van der Waals surface area contributed by atoms with E-state index in [1.54, 1.807) is 5.56 Å². The van der Waals surface area contributed by atoms with Gasteiger partial charge in [-0.25, -0.2) is 0 Å². The SMILES string of the molecule is c1ccc(N(c2ccccc2)c2ccc3c(c2)sc2ccc(N(c4ccccc4)c4ccc(C56CC7CC8CC(C5)C876)cc4)cc23)cc1. The first-order chi connectivity index (χ1) is 23.7. The van der Waals surface area contributed by atoms with E-state index in [2.05, 4.69) is 161 Å². The van der Waals surface area contributed by atoms with E-state index in [1.807, 2.05) is 11.3 Å². The van der Waals surface area contributed by atoms with E-state index >= 15 is 0 Å². The minimum Gasteiger partial charge on any atom is -0.310 e. The number of thiophene rings is 1. The highest BCUT2D eigenvalue weighted by Crippen LogP contribution is 2.92. The lowest BCUT2D eigenvalue weighted by molar-refractivity contribution is -0.395. The number of para-hydroxylation sites is 3. The fraction of sp³-hybridized carbons (Fsp3) is 0.200. The van der Waals surface area contributed by atoms with Crippen molar-refractivity contribution in [2.75, 3.05) is 9.80 Å². The van der Waals surface area contributed by atoms with E-state index in [9.17, 15) is 0 Å². The highest BCUT2D eigenvalue weighted by atomic mass is 32.1. The summed E-state index contributed by atoms with van der Waals surface area (Å²) < 4.78 is 2.61. The topological polar surface area (TPSA) is 6.48 Å². The molecule has 0 N–H and O–H groups in total. The van der Waals surface area contributed by atoms with Crippen LogP contribution in [0.15, 0.2) is 152 Å². The second-order valence-corrected chi connectivity index (χ2v) is 15.8. The van der Waals surface area contributed by atoms with Gasteiger partial charge < -0.3 is 9.80 Å². The first-order valence-corrected chi connectivity index (χ1v) is 18.4. The van der Waals surface area contributed by atoms with Crippen LogP contribution in [0.5, 0.6) is 0 Å². The maximum absolute atomic E-state index is 2.48. The Bertz CT molecular complexity index is 2260. The minimum atomic E-state index is 0.490. The van der Waals surface area contributed by atoms with Gasteiger partial charge in [-0.3, -0.25) is 0 Å². The molecule has 0 saturated heterocycles. The van der Waals surface area contributed by atoms with Crippen molar-refractivity contribution < 1.29 is 0 Å². The van der Waals surface area contributed by atoms with Crippen molar-refractivity contribution in [1.29, 1.82) is 0 Å². The molecule has 0 amide bonds. The second-order valence-electron chi connectivity index (χ2n) is 14.7. The monoisotopic (exact) mass is 636 g/mol. The molecule has 0 radical (unpaired) electrons. The molecular formula is C45H36N2S. The van der Waals surface area contributed by atoms with Crippen LogP contribution in [0.2, 0.25) is 0 Å². The van der Waals surface area contributed by atoms with Gasteiger partial charge in [-0.15, -0.1) is 11.3 Å². The van der Waals surface area contributed by atoms with Crippen LogP contribution in [0.4, 0.5) is 34.1 Å². The van der Waals surface area contributed by atoms with Crippen molar-refractivity contribution >= 4 is 65.6 Å². The Kier molecular flexibility index (Phi) is 5.56. The molecule has 48 heavy (non-hydrogen) atoms. The molecule has 1 spiro atoms. The summed E-state index contributed by atoms with van der Waals surface area (Å²) in [5.41, 5.74) is 9.90. The Balaban J connectivity index is 0.984. The van der Waals surface area contributed by atoms with E-state index in [0.29, 0.717) is 10.8 Å². The van der Waals surface area contributed by atoms with Gasteiger partial charge >= 0.3 is 0 Å². The molecule has 6 aromatic carbocycles. The van der Waals surface area contributed by atoms with Crippen LogP contribution in [-0.4, -0.2) is 0 Å². The summed E-state index contributed by atoms with van der Waals surface area (Å²) in [7, 11) is 0. The molecule has 1 heterocycles. The molecule has 2 atom stereocenters. The van der Waals surface area contributed by atoms with Gasteiger partial charge in [0.25, 0.3) is 0 Å². The molecule has 3 heteroatoms. The molecule has 4 saturated carbocycles. The smallest absolute Gasteiger partial charge is 0.0476 e. The highest BCUT2D eigenvalue weighted by molar-refractivity contribution is 7.25. The van der Waals surface area contributed by atoms with Crippen LogP contribution in [0, 0.1) is 23.2 Å². The first kappa shape index (κ1) is 27.1. The molecule has 232 valence electrons. The second kappa shape index (κ2) is 9.84. The van der Waals surface area contributed by atoms with Crippen molar-refractivity contribution in [1.82, 2.24) is 0 Å². The van der Waals surface area contributed by atoms with Crippen LogP contribution < -0.4 is 9.80 Å². The van der Waals surface area contributed by atoms with Crippen molar-refractivity contribution in [2.24, 2.45) is 23.2 Å². The van der Waals surface area contributed by atoms with Gasteiger partial charge in [-0.2, -0.15) is 0 Å². The van der Waals surface area contributed by atoms with Gasteiger partial charge in [0, 0.05) is 59.7 Å². The number of hydrogen-bond acceptors (Lipinski definition) is 3. The third-order valence-corrected chi connectivity index (χ3v) is 14.0. The first-order valence-electron chi connectivity index (χ1n) is 17.6. The quantitative estimate of drug-likeness (QED) is 0.172. The number of nitrogens with zero attached hydrogens (tertiary/aromatic N) is 2. The Morgan fingerprint density at radius 3 is 1.48 bits per heavy atom. The molecule has 1 aromatic heterocycles. The van der Waals surface area contributed by atoms with Crippen molar-refractivity contribution in [3.8, 4) is 0 Å². The standard InChI is InChI=1S/C45H36N2S/c1-4-10-34(11-5-1)46(35-12-6-2-7-13-35)39-20-22-40-41-26-38(21-23-42(41)48-43(40)27-39)47(36-14-8-3-9-15-36)37-18-16-30(17-19-37)44-28-32-24-31-25-33(29-44)45(31,32)44/h1-23,26-27,31-33H,24-25,28-29H2. The third kappa shape index (κ3) is 3.47. The lowest BCUT2D eigenvalue weighted by Crippen LogP contribution is -2.87. The number of rotatable bonds is 7. The van der Waals surface area contributed by atoms with Crippen LogP contribution in [0.3, 0.4) is 0 Å². The van der Waals surface area contributed by atoms with Crippen molar-refractivity contribution in [2.45, 2.75) is 31.1 Å². The van der Waals surface area contributed by atoms with Gasteiger partial charge in [0.2, 0.25) is 0 Å². The van der Waals surface area contributed by atoms with Crippen molar-refractivity contribution in [3.63, 3.8) is 0 Å². The highest BCUT2D eigenvalue weighted by Gasteiger charge is 2.87. The van der Waals surface area contributed by atoms with Crippen LogP contribution >= 0.6 is 11.3 Å². The van der Waals surface area contributed by atoms with Gasteiger partial charge in [0.1, 0.15) is 0 Å². The minimum absolute atomic E-state index is 0.490. The summed E-state index contributed by atoms with van der Waals surface area (Å²) in [5.74, 6) is 3.08. The zero-order chi connectivity index (χ0) is 31.5. The largest absolute Gasteiger partial charge is 0.310 e. The van der Waals surface area contributed by atoms with E-state index < -0.39 is 0 Å². The predicted octanol–water partition coefficient (Wildman–Crippen LogP) is 12.7. The van der Waals surface area contributed by atoms with E-state index in [4.69, 9.17) is 0 Å². The van der Waals surface area contributed by atoms with Gasteiger partial charge in [-0.1, -0.05) is 72.8 Å². The Hall–Kier alpha value is -4.86. The molecule has 11 rings (SSSR count). The third-order valence-electron chi connectivity index (χ3n) is 12.9. The van der Waals surface area contributed by atoms with Gasteiger partial charge in [0.15, 0.2) is 0 Å². The summed E-state index contributed by atoms with van der Waals surface area (Å²) in [5, 5.41) is 2.61. The molecule has 2 unspecified atom stereocenters. The molecular weight excluding hydrogens is 601 g/mol. The molecule has 2 nitrogen and oxygen atoms in total. The van der Waals surface area contributed by atoms with Gasteiger partial charge in [-0.05, 0) is 133 Å². The lowest BCUT2D eigenvalue weighted by Gasteiger charge is -2.91. The number of fused-ring (bicyclic) bond motifs is 3. The average Bonchev–Trinajstić information content (AvgIpc) is 3.47. The van der Waals surface area contributed by atoms with Gasteiger partial charge in [0.05, 0.1) is 0 Å². The summed E-state index contributed by atoms with van der Waals surface area (Å²) >= 11 is 1.88. The van der Waals surface area contributed by atoms with E-state index in [-0.39, 0.29) is 0 Å². The molecule has 4 aliphatic carbocycles. The summed E-state index contributed by atoms with van der Waals surface area (Å²) in [6.07, 6.45) is 5.88. The fourth-order valence-corrected chi connectivity index (χ4v) is 12.1. The van der Waals surface area contributed by atoms with Crippen LogP contribution in [0.25, 0.3) is 20.2 Å². The molecule has 4 fully saturated rings. The van der Waals surface area contributed by atoms with E-state index in [0.717, 1.165) is 29.1 Å². The summed E-state index contributed by atoms with van der Waals surface area (Å²) in [6.45, 7) is 0. The fourth-order valence-electron chi connectivity index (χ4n) is 11.0. The van der Waals surface area contributed by atoms with Crippen LogP contribution in [0.1, 0.15) is 31.2 Å². The number of benzene rings is 6. The van der Waals surface area contributed by atoms with Crippen molar-refractivity contribution in [3.05, 3.63) is 157 Å². The molecule has 0 aliphatic heterocycles. The zero-order valence-corrected chi connectivity index (χ0v) is 27.6. The molecule has 0 bridgehead atoms. The van der Waals surface area contributed by atoms with E-state index in [1.165, 1.54) is 68.6 Å². The zero-order valence-electron chi connectivity index (χ0n) is 26.8. The Morgan fingerprint density at radius 2 is 0.938 bits per heavy atom. The summed E-state index contributed by atoms with van der Waals surface area (Å²) in [6, 6.07) is 55.9. The van der Waals surface area contributed by atoms with Crippen LogP contribution in [-0.2, 0) is 5.41 Å². The lowest BCUT2D eigenvalue weighted by atomic mass is 9.12. The normalized spacial score (nSPS) is 26.0. The predicted molar refractivity (Wildman–Crippen MR) is 202 cm³/mol. The maximum atomic E-state index is 2.48. The average molecular weight is 637 g/mol. The number of hydrogen-bond donors (Lipinski definition) is 0. The molecule has 7 aromatic rings. The molecule has 4 aliphatic rings. The number of anilines is 6. The Labute approximate surface area is 285 Å². The Morgan fingerprint density at radius 1 is 0.438 bits per heavy atom.